The van der Waals surface area contributed by atoms with Crippen molar-refractivity contribution >= 4 is 35.1 Å². The number of piperidine rings is 1. The van der Waals surface area contributed by atoms with Crippen molar-refractivity contribution < 1.29 is 56.8 Å². The summed E-state index contributed by atoms with van der Waals surface area (Å²) in [7, 11) is 3.15. The number of carbonyl (C=O) groups excluding carboxylic acids is 3. The first-order chi connectivity index (χ1) is 30.4. The molecule has 1 saturated heterocycles. The van der Waals surface area contributed by atoms with Crippen LogP contribution in [0.2, 0.25) is 5.02 Å². The number of nitrogens with zero attached hydrogens (tertiary/aromatic N) is 3. The molecule has 6 rings (SSSR count). The van der Waals surface area contributed by atoms with Crippen molar-refractivity contribution in [3.8, 4) is 11.5 Å². The summed E-state index contributed by atoms with van der Waals surface area (Å²) in [6.45, 7) is 2.41. The maximum atomic E-state index is 15.4. The van der Waals surface area contributed by atoms with Gasteiger partial charge in [-0.1, -0.05) is 48.0 Å². The van der Waals surface area contributed by atoms with Gasteiger partial charge in [0, 0.05) is 43.8 Å². The molecular formula is C45H53ClF2N4O11. The molecule has 3 atom stereocenters. The Balaban J connectivity index is 1.30. The number of nitrogens with one attached hydrogen (secondary N) is 1. The van der Waals surface area contributed by atoms with Gasteiger partial charge in [-0.05, 0) is 97.9 Å². The van der Waals surface area contributed by atoms with E-state index < -0.39 is 45.8 Å². The molecule has 3 aromatic rings. The molecule has 0 radical (unpaired) electrons. The van der Waals surface area contributed by atoms with Gasteiger partial charge in [0.05, 0.1) is 39.6 Å². The number of methoxy groups -OCH3 is 2. The maximum Gasteiger partial charge on any atom is 0.410 e. The number of halogens is 3. The first kappa shape index (κ1) is 47.0. The van der Waals surface area contributed by atoms with E-state index in [0.29, 0.717) is 44.5 Å². The Kier molecular flexibility index (Phi) is 16.6. The van der Waals surface area contributed by atoms with Gasteiger partial charge in [0.15, 0.2) is 11.6 Å². The lowest BCUT2D eigenvalue weighted by Crippen LogP contribution is -2.59. The van der Waals surface area contributed by atoms with Crippen LogP contribution >= 0.6 is 11.6 Å². The summed E-state index contributed by atoms with van der Waals surface area (Å²) in [4.78, 5) is 61.3. The zero-order valence-corrected chi connectivity index (χ0v) is 36.3. The quantitative estimate of drug-likeness (QED) is 0.0484. The lowest BCUT2D eigenvalue weighted by molar-refractivity contribution is -0.758. The number of aryl methyl sites for hydroxylation is 2. The van der Waals surface area contributed by atoms with Gasteiger partial charge in [-0.3, -0.25) is 14.5 Å². The molecule has 2 fully saturated rings. The van der Waals surface area contributed by atoms with Crippen molar-refractivity contribution in [2.75, 3.05) is 60.4 Å². The van der Waals surface area contributed by atoms with Crippen LogP contribution < -0.4 is 14.8 Å². The molecule has 15 nitrogen and oxygen atoms in total. The van der Waals surface area contributed by atoms with Crippen molar-refractivity contribution in [1.29, 1.82) is 0 Å². The fourth-order valence-electron chi connectivity index (χ4n) is 8.26. The third kappa shape index (κ3) is 12.1. The normalized spacial score (nSPS) is 18.1. The van der Waals surface area contributed by atoms with Crippen molar-refractivity contribution in [2.45, 2.75) is 76.5 Å². The molecule has 0 spiro atoms. The summed E-state index contributed by atoms with van der Waals surface area (Å²) >= 11 is 5.92. The topological polar surface area (TPSA) is 168 Å². The average Bonchev–Trinajstić information content (AvgIpc) is 4.11. The zero-order chi connectivity index (χ0) is 45.0. The molecule has 1 saturated carbocycles. The van der Waals surface area contributed by atoms with Crippen LogP contribution in [0.1, 0.15) is 60.8 Å². The monoisotopic (exact) mass is 898 g/mol. The van der Waals surface area contributed by atoms with Gasteiger partial charge in [-0.15, -0.1) is 10.1 Å². The summed E-state index contributed by atoms with van der Waals surface area (Å²) in [6.07, 6.45) is 2.73. The number of ether oxygens (including phenoxy) is 5. The summed E-state index contributed by atoms with van der Waals surface area (Å²) in [5, 5.41) is 12.1. The number of fused-ring (bicyclic) bond motifs is 2. The molecule has 2 heterocycles. The van der Waals surface area contributed by atoms with E-state index in [1.807, 2.05) is 54.3 Å². The van der Waals surface area contributed by atoms with Gasteiger partial charge in [0.25, 0.3) is 11.0 Å². The largest absolute Gasteiger partial charge is 0.496 e. The highest BCUT2D eigenvalue weighted by molar-refractivity contribution is 6.32. The Hall–Kier alpha value is -5.52. The lowest BCUT2D eigenvalue weighted by atomic mass is 9.73. The maximum absolute atomic E-state index is 15.4. The highest BCUT2D eigenvalue weighted by atomic mass is 35.5. The second kappa shape index (κ2) is 22.2. The van der Waals surface area contributed by atoms with Crippen molar-refractivity contribution in [3.05, 3.63) is 109 Å². The highest BCUT2D eigenvalue weighted by Crippen LogP contribution is 2.46. The molecule has 2 bridgehead atoms. The lowest BCUT2D eigenvalue weighted by Gasteiger charge is -2.49. The van der Waals surface area contributed by atoms with E-state index in [1.165, 1.54) is 0 Å². The molecule has 3 aliphatic rings. The summed E-state index contributed by atoms with van der Waals surface area (Å²) in [6, 6.07) is 14.1. The van der Waals surface area contributed by atoms with Crippen LogP contribution in [-0.4, -0.2) is 111 Å². The number of hydrogen-bond donors (Lipinski definition) is 1. The molecule has 0 aromatic heterocycles. The van der Waals surface area contributed by atoms with Gasteiger partial charge >= 0.3 is 6.09 Å². The molecule has 1 N–H and O–H groups in total. The summed E-state index contributed by atoms with van der Waals surface area (Å²) < 4.78 is 55.4. The van der Waals surface area contributed by atoms with Crippen molar-refractivity contribution in [1.82, 2.24) is 15.1 Å². The van der Waals surface area contributed by atoms with Crippen molar-refractivity contribution in [3.63, 3.8) is 0 Å². The summed E-state index contributed by atoms with van der Waals surface area (Å²) in [5.74, 6) is -2.08. The standard InChI is InChI=1S/C45H53ClF2N4O11/c1-28-23-30(8-15-39(28)59-3)27-50(33-11-12-33)44(54)40-35(31-9-6-29(7-10-31)5-4-17-61-42-37(48)14-13-36(47)41(42)46)26-34-24-32(43(53)49-16-18-58-2)25-38(40)51(34)45(55)62-21-19-60-20-22-63-52(56)57/h6-10,13-15,23,32-34,38H,4-5,11-12,16-22,24-27H2,1-3H3,(H,49,53). The van der Waals surface area contributed by atoms with Crippen LogP contribution in [-0.2, 0) is 41.6 Å². The minimum Gasteiger partial charge on any atom is -0.496 e. The van der Waals surface area contributed by atoms with E-state index in [1.54, 1.807) is 19.1 Å². The first-order valence-corrected chi connectivity index (χ1v) is 21.4. The minimum atomic E-state index is -0.920. The molecule has 340 valence electrons. The second-order valence-corrected chi connectivity index (χ2v) is 16.1. The van der Waals surface area contributed by atoms with E-state index in [9.17, 15) is 28.5 Å². The number of amides is 3. The molecule has 3 amide bonds. The van der Waals surface area contributed by atoms with E-state index in [0.717, 1.165) is 58.6 Å². The van der Waals surface area contributed by atoms with Crippen LogP contribution in [0.3, 0.4) is 0 Å². The smallest absolute Gasteiger partial charge is 0.410 e. The number of benzene rings is 3. The predicted octanol–water partition coefficient (Wildman–Crippen LogP) is 6.87. The van der Waals surface area contributed by atoms with Gasteiger partial charge in [-0.2, -0.15) is 0 Å². The van der Waals surface area contributed by atoms with E-state index in [2.05, 4.69) is 10.2 Å². The molecule has 3 aromatic carbocycles. The number of rotatable bonds is 22. The van der Waals surface area contributed by atoms with E-state index >= 15 is 4.79 Å². The molecule has 3 unspecified atom stereocenters. The number of carbonyl (C=O) groups is 3. The Morgan fingerprint density at radius 1 is 0.937 bits per heavy atom. The minimum absolute atomic E-state index is 0.0275. The van der Waals surface area contributed by atoms with Crippen LogP contribution in [0.25, 0.3) is 5.57 Å². The Bertz CT molecular complexity index is 2140. The fraction of sp³-hybridized carbons (Fsp3) is 0.489. The van der Waals surface area contributed by atoms with Gasteiger partial charge in [0.1, 0.15) is 29.8 Å². The van der Waals surface area contributed by atoms with Crippen LogP contribution in [0.5, 0.6) is 11.5 Å². The van der Waals surface area contributed by atoms with Crippen LogP contribution in [0.15, 0.2) is 60.2 Å². The Morgan fingerprint density at radius 3 is 2.37 bits per heavy atom. The number of hydrogen-bond acceptors (Lipinski definition) is 11. The molecular weight excluding hydrogens is 846 g/mol. The van der Waals surface area contributed by atoms with Crippen molar-refractivity contribution in [2.24, 2.45) is 5.92 Å². The highest BCUT2D eigenvalue weighted by Gasteiger charge is 2.50. The Labute approximate surface area is 369 Å². The summed E-state index contributed by atoms with van der Waals surface area (Å²) in [5.41, 5.74) is 4.76. The van der Waals surface area contributed by atoms with Gasteiger partial charge in [0.2, 0.25) is 5.91 Å². The van der Waals surface area contributed by atoms with Crippen LogP contribution in [0.4, 0.5) is 13.6 Å². The molecule has 63 heavy (non-hydrogen) atoms. The molecule has 18 heteroatoms. The van der Waals surface area contributed by atoms with Crippen LogP contribution in [0, 0.1) is 34.6 Å². The third-order valence-corrected chi connectivity index (χ3v) is 11.8. The predicted molar refractivity (Wildman–Crippen MR) is 227 cm³/mol. The third-order valence-electron chi connectivity index (χ3n) is 11.4. The Morgan fingerprint density at radius 2 is 1.67 bits per heavy atom. The second-order valence-electron chi connectivity index (χ2n) is 15.7. The first-order valence-electron chi connectivity index (χ1n) is 21.0. The van der Waals surface area contributed by atoms with E-state index in [-0.39, 0.29) is 69.5 Å². The van der Waals surface area contributed by atoms with Gasteiger partial charge in [-0.25, -0.2) is 13.6 Å². The fourth-order valence-corrected chi connectivity index (χ4v) is 8.47. The average molecular weight is 899 g/mol. The van der Waals surface area contributed by atoms with E-state index in [4.69, 9.17) is 35.3 Å². The van der Waals surface area contributed by atoms with Gasteiger partial charge < -0.3 is 38.7 Å². The molecule has 2 aliphatic heterocycles. The molecule has 1 aliphatic carbocycles. The zero-order valence-electron chi connectivity index (χ0n) is 35.6. The SMILES string of the molecule is COCCNC(=O)C1CC2CC(c3ccc(CCCOc4c(F)ccc(F)c4Cl)cc3)=C(C(=O)N(Cc3ccc(OC)c(C)c3)C3CC3)C(C1)N2C(=O)OCCOCCO[N+](=O)[O-].